The first-order valence-corrected chi connectivity index (χ1v) is 7.26. The summed E-state index contributed by atoms with van der Waals surface area (Å²) < 4.78 is 16.4. The largest absolute Gasteiger partial charge is 0.457 e. The van der Waals surface area contributed by atoms with Crippen molar-refractivity contribution < 1.29 is 14.2 Å². The summed E-state index contributed by atoms with van der Waals surface area (Å²) in [4.78, 5) is 5.47. The molecular weight excluding hydrogens is 288 g/mol. The van der Waals surface area contributed by atoms with Crippen LogP contribution in [0.5, 0.6) is 5.75 Å². The quantitative estimate of drug-likeness (QED) is 0.813. The van der Waals surface area contributed by atoms with E-state index in [1.807, 2.05) is 25.3 Å². The molecule has 3 rings (SSSR count). The zero-order valence-electron chi connectivity index (χ0n) is 11.8. The third-order valence-electron chi connectivity index (χ3n) is 3.22. The number of thiazole rings is 1. The standard InChI is InChI=1S/C15H14N2O3S/c1-10-7-17-14(21-10)12-3-11(6-16)4-13(5-12)20-15(18-2)8-19-9-15/h3-5,7H,8-9H2,1-2H3. The van der Waals surface area contributed by atoms with E-state index in [9.17, 15) is 5.26 Å². The summed E-state index contributed by atoms with van der Waals surface area (Å²) >= 11 is 1.58. The molecule has 0 amide bonds. The molecule has 2 aromatic rings. The zero-order valence-corrected chi connectivity index (χ0v) is 12.6. The molecule has 6 heteroatoms. The first-order chi connectivity index (χ1) is 10.1. The lowest BCUT2D eigenvalue weighted by Crippen LogP contribution is -2.55. The molecule has 0 N–H and O–H groups in total. The molecule has 0 bridgehead atoms. The number of aryl methyl sites for hydroxylation is 1. The van der Waals surface area contributed by atoms with Gasteiger partial charge in [-0.3, -0.25) is 0 Å². The Labute approximate surface area is 126 Å². The zero-order chi connectivity index (χ0) is 14.9. The topological polar surface area (TPSA) is 64.4 Å². The number of ether oxygens (including phenoxy) is 3. The van der Waals surface area contributed by atoms with E-state index in [0.29, 0.717) is 24.5 Å². The van der Waals surface area contributed by atoms with Crippen LogP contribution in [0.15, 0.2) is 24.4 Å². The first-order valence-electron chi connectivity index (χ1n) is 6.44. The fourth-order valence-electron chi connectivity index (χ4n) is 2.04. The molecule has 1 aromatic heterocycles. The van der Waals surface area contributed by atoms with Gasteiger partial charge < -0.3 is 14.2 Å². The summed E-state index contributed by atoms with van der Waals surface area (Å²) in [6.07, 6.45) is 1.82. The molecule has 0 spiro atoms. The minimum Gasteiger partial charge on any atom is -0.457 e. The Balaban J connectivity index is 1.96. The number of nitriles is 1. The van der Waals surface area contributed by atoms with Crippen LogP contribution in [0.1, 0.15) is 10.4 Å². The van der Waals surface area contributed by atoms with Gasteiger partial charge in [-0.1, -0.05) is 0 Å². The van der Waals surface area contributed by atoms with Gasteiger partial charge in [0.1, 0.15) is 24.0 Å². The number of methoxy groups -OCH3 is 1. The van der Waals surface area contributed by atoms with E-state index in [2.05, 4.69) is 11.1 Å². The third-order valence-corrected chi connectivity index (χ3v) is 4.19. The van der Waals surface area contributed by atoms with Gasteiger partial charge in [-0.25, -0.2) is 4.98 Å². The normalized spacial score (nSPS) is 16.0. The lowest BCUT2D eigenvalue weighted by molar-refractivity contribution is -0.294. The molecule has 0 atom stereocenters. The number of hydrogen-bond acceptors (Lipinski definition) is 6. The molecule has 1 aromatic carbocycles. The Morgan fingerprint density at radius 1 is 1.38 bits per heavy atom. The van der Waals surface area contributed by atoms with Crippen LogP contribution in [0.2, 0.25) is 0 Å². The summed E-state index contributed by atoms with van der Waals surface area (Å²) in [5.74, 6) is -0.161. The predicted octanol–water partition coefficient (Wildman–Crippen LogP) is 2.74. The van der Waals surface area contributed by atoms with Crippen LogP contribution in [-0.2, 0) is 9.47 Å². The highest BCUT2D eigenvalue weighted by Crippen LogP contribution is 2.32. The monoisotopic (exact) mass is 302 g/mol. The SMILES string of the molecule is COC1(Oc2cc(C#N)cc(-c3ncc(C)s3)c2)COC1. The van der Waals surface area contributed by atoms with E-state index in [-0.39, 0.29) is 0 Å². The van der Waals surface area contributed by atoms with Gasteiger partial charge in [0, 0.05) is 23.7 Å². The average molecular weight is 302 g/mol. The number of aromatic nitrogens is 1. The highest BCUT2D eigenvalue weighted by atomic mass is 32.1. The maximum absolute atomic E-state index is 9.19. The predicted molar refractivity (Wildman–Crippen MR) is 78.2 cm³/mol. The lowest BCUT2D eigenvalue weighted by atomic mass is 10.1. The lowest BCUT2D eigenvalue weighted by Gasteiger charge is -2.39. The van der Waals surface area contributed by atoms with Gasteiger partial charge in [0.25, 0.3) is 5.79 Å². The fraction of sp³-hybridized carbons (Fsp3) is 0.333. The second-order valence-electron chi connectivity index (χ2n) is 4.84. The number of nitrogens with zero attached hydrogens (tertiary/aromatic N) is 2. The van der Waals surface area contributed by atoms with Crippen molar-refractivity contribution in [3.05, 3.63) is 34.8 Å². The average Bonchev–Trinajstić information content (AvgIpc) is 2.89. The minimum atomic E-state index is -0.746. The van der Waals surface area contributed by atoms with Crippen LogP contribution in [0, 0.1) is 18.3 Å². The minimum absolute atomic E-state index is 0.381. The second kappa shape index (κ2) is 5.45. The van der Waals surface area contributed by atoms with E-state index < -0.39 is 5.79 Å². The maximum Gasteiger partial charge on any atom is 0.257 e. The molecule has 2 heterocycles. The molecule has 0 unspecified atom stereocenters. The number of hydrogen-bond donors (Lipinski definition) is 0. The van der Waals surface area contributed by atoms with Crippen LogP contribution in [0.4, 0.5) is 0 Å². The van der Waals surface area contributed by atoms with Crippen molar-refractivity contribution >= 4 is 11.3 Å². The molecule has 1 fully saturated rings. The summed E-state index contributed by atoms with van der Waals surface area (Å²) in [5.41, 5.74) is 1.40. The number of benzene rings is 1. The van der Waals surface area contributed by atoms with Crippen molar-refractivity contribution in [3.63, 3.8) is 0 Å². The van der Waals surface area contributed by atoms with Gasteiger partial charge in [0.15, 0.2) is 0 Å². The van der Waals surface area contributed by atoms with Crippen molar-refractivity contribution in [2.75, 3.05) is 20.3 Å². The van der Waals surface area contributed by atoms with E-state index in [4.69, 9.17) is 14.2 Å². The Morgan fingerprint density at radius 3 is 2.71 bits per heavy atom. The maximum atomic E-state index is 9.19. The van der Waals surface area contributed by atoms with Crippen LogP contribution in [0.25, 0.3) is 10.6 Å². The molecule has 0 aliphatic carbocycles. The highest BCUT2D eigenvalue weighted by molar-refractivity contribution is 7.14. The Morgan fingerprint density at radius 2 is 2.19 bits per heavy atom. The molecule has 21 heavy (non-hydrogen) atoms. The van der Waals surface area contributed by atoms with Crippen molar-refractivity contribution in [3.8, 4) is 22.4 Å². The van der Waals surface area contributed by atoms with Gasteiger partial charge in [-0.15, -0.1) is 11.3 Å². The molecular formula is C15H14N2O3S. The van der Waals surface area contributed by atoms with E-state index in [1.165, 1.54) is 0 Å². The number of rotatable bonds is 4. The van der Waals surface area contributed by atoms with Crippen molar-refractivity contribution in [1.82, 2.24) is 4.98 Å². The van der Waals surface area contributed by atoms with Gasteiger partial charge in [-0.05, 0) is 25.1 Å². The van der Waals surface area contributed by atoms with Crippen LogP contribution < -0.4 is 4.74 Å². The van der Waals surface area contributed by atoms with Gasteiger partial charge >= 0.3 is 0 Å². The fourth-order valence-corrected chi connectivity index (χ4v) is 2.79. The Hall–Kier alpha value is -1.94. The molecule has 0 radical (unpaired) electrons. The van der Waals surface area contributed by atoms with Crippen LogP contribution >= 0.6 is 11.3 Å². The van der Waals surface area contributed by atoms with Gasteiger partial charge in [-0.2, -0.15) is 5.26 Å². The van der Waals surface area contributed by atoms with Crippen LogP contribution in [-0.4, -0.2) is 31.1 Å². The highest BCUT2D eigenvalue weighted by Gasteiger charge is 2.41. The molecule has 1 aliphatic heterocycles. The van der Waals surface area contributed by atoms with E-state index in [0.717, 1.165) is 15.4 Å². The summed E-state index contributed by atoms with van der Waals surface area (Å²) in [6.45, 7) is 2.76. The smallest absolute Gasteiger partial charge is 0.257 e. The molecule has 1 aliphatic rings. The van der Waals surface area contributed by atoms with Gasteiger partial charge in [0.2, 0.25) is 0 Å². The van der Waals surface area contributed by atoms with Gasteiger partial charge in [0.05, 0.1) is 11.6 Å². The first kappa shape index (κ1) is 14.0. The summed E-state index contributed by atoms with van der Waals surface area (Å²) in [7, 11) is 1.59. The molecule has 5 nitrogen and oxygen atoms in total. The van der Waals surface area contributed by atoms with Crippen LogP contribution in [0.3, 0.4) is 0 Å². The molecule has 108 valence electrons. The molecule has 0 saturated carbocycles. The van der Waals surface area contributed by atoms with Crippen molar-refractivity contribution in [2.24, 2.45) is 0 Å². The van der Waals surface area contributed by atoms with Crippen molar-refractivity contribution in [2.45, 2.75) is 12.7 Å². The Bertz CT molecular complexity index is 696. The summed E-state index contributed by atoms with van der Waals surface area (Å²) in [6, 6.07) is 7.53. The third kappa shape index (κ3) is 2.76. The summed E-state index contributed by atoms with van der Waals surface area (Å²) in [5, 5.41) is 10.1. The molecule has 1 saturated heterocycles. The Kier molecular flexibility index (Phi) is 3.64. The second-order valence-corrected chi connectivity index (χ2v) is 6.08. The van der Waals surface area contributed by atoms with E-state index >= 15 is 0 Å². The van der Waals surface area contributed by atoms with E-state index in [1.54, 1.807) is 24.5 Å². The van der Waals surface area contributed by atoms with Crippen molar-refractivity contribution in [1.29, 1.82) is 5.26 Å².